The Hall–Kier alpha value is -1.38. The van der Waals surface area contributed by atoms with Crippen LogP contribution in [0.4, 0.5) is 4.39 Å². The van der Waals surface area contributed by atoms with E-state index in [0.29, 0.717) is 24.8 Å². The van der Waals surface area contributed by atoms with Gasteiger partial charge in [0.25, 0.3) is 0 Å². The van der Waals surface area contributed by atoms with Gasteiger partial charge in [0.15, 0.2) is 0 Å². The Morgan fingerprint density at radius 1 is 1.44 bits per heavy atom. The van der Waals surface area contributed by atoms with E-state index in [0.717, 1.165) is 12.0 Å². The van der Waals surface area contributed by atoms with Gasteiger partial charge < -0.3 is 5.11 Å². The van der Waals surface area contributed by atoms with Crippen LogP contribution >= 0.6 is 0 Å². The van der Waals surface area contributed by atoms with Gasteiger partial charge in [0.2, 0.25) is 0 Å². The minimum atomic E-state index is -1.15. The van der Waals surface area contributed by atoms with Crippen LogP contribution < -0.4 is 0 Å². The van der Waals surface area contributed by atoms with E-state index in [-0.39, 0.29) is 6.42 Å². The molecule has 2 rings (SSSR count). The van der Waals surface area contributed by atoms with E-state index in [2.05, 4.69) is 0 Å². The first kappa shape index (κ1) is 11.1. The van der Waals surface area contributed by atoms with Crippen molar-refractivity contribution in [2.45, 2.75) is 37.8 Å². The number of carbonyl (C=O) groups is 1. The molecule has 1 fully saturated rings. The third-order valence-electron chi connectivity index (χ3n) is 3.22. The highest BCUT2D eigenvalue weighted by Crippen LogP contribution is 2.45. The summed E-state index contributed by atoms with van der Waals surface area (Å²) in [5.74, 6) is -0.816. The van der Waals surface area contributed by atoms with E-state index in [9.17, 15) is 9.18 Å². The molecule has 1 aliphatic carbocycles. The summed E-state index contributed by atoms with van der Waals surface area (Å²) in [7, 11) is 0. The first-order valence-electron chi connectivity index (χ1n) is 5.60. The highest BCUT2D eigenvalue weighted by atomic mass is 19.1. The molecule has 16 heavy (non-hydrogen) atoms. The van der Waals surface area contributed by atoms with Crippen molar-refractivity contribution in [1.29, 1.82) is 0 Å². The second-order valence-electron chi connectivity index (χ2n) is 4.41. The average molecular weight is 222 g/mol. The van der Waals surface area contributed by atoms with Crippen molar-refractivity contribution in [1.82, 2.24) is 0 Å². The maximum Gasteiger partial charge on any atom is 0.303 e. The third kappa shape index (κ3) is 2.23. The molecule has 1 aromatic carbocycles. The molecule has 2 nitrogen and oxygen atoms in total. The lowest BCUT2D eigenvalue weighted by Crippen LogP contribution is -2.28. The molecular formula is C13H15FO2. The minimum Gasteiger partial charge on any atom is -0.481 e. The molecule has 0 unspecified atom stereocenters. The van der Waals surface area contributed by atoms with Gasteiger partial charge in [0.05, 0.1) is 0 Å². The Morgan fingerprint density at radius 3 is 2.75 bits per heavy atom. The zero-order chi connectivity index (χ0) is 11.6. The SMILES string of the molecule is O=C(O)CCc1cccc(C2(F)CCC2)c1. The molecule has 0 aliphatic heterocycles. The summed E-state index contributed by atoms with van der Waals surface area (Å²) in [4.78, 5) is 10.4. The Labute approximate surface area is 94.1 Å². The van der Waals surface area contributed by atoms with Gasteiger partial charge in [0, 0.05) is 6.42 Å². The molecule has 0 amide bonds. The van der Waals surface area contributed by atoms with E-state index >= 15 is 0 Å². The molecule has 86 valence electrons. The zero-order valence-electron chi connectivity index (χ0n) is 9.08. The molecule has 0 spiro atoms. The van der Waals surface area contributed by atoms with Crippen LogP contribution in [0.2, 0.25) is 0 Å². The van der Waals surface area contributed by atoms with Gasteiger partial charge in [-0.1, -0.05) is 24.3 Å². The van der Waals surface area contributed by atoms with E-state index in [4.69, 9.17) is 5.11 Å². The summed E-state index contributed by atoms with van der Waals surface area (Å²) in [5.41, 5.74) is 0.463. The normalized spacial score (nSPS) is 17.8. The van der Waals surface area contributed by atoms with Gasteiger partial charge in [-0.25, -0.2) is 4.39 Å². The average Bonchev–Trinajstić information content (AvgIpc) is 2.23. The number of aliphatic carboxylic acids is 1. The van der Waals surface area contributed by atoms with E-state index in [1.54, 1.807) is 6.07 Å². The van der Waals surface area contributed by atoms with Gasteiger partial charge in [0.1, 0.15) is 5.67 Å². The number of benzene rings is 1. The van der Waals surface area contributed by atoms with Crippen molar-refractivity contribution in [2.24, 2.45) is 0 Å². The fourth-order valence-corrected chi connectivity index (χ4v) is 2.03. The van der Waals surface area contributed by atoms with Crippen LogP contribution in [0.3, 0.4) is 0 Å². The van der Waals surface area contributed by atoms with Crippen LogP contribution in [0, 0.1) is 0 Å². The summed E-state index contributed by atoms with van der Waals surface area (Å²) < 4.78 is 14.1. The van der Waals surface area contributed by atoms with Crippen molar-refractivity contribution in [3.63, 3.8) is 0 Å². The minimum absolute atomic E-state index is 0.0999. The summed E-state index contributed by atoms with van der Waals surface area (Å²) >= 11 is 0. The predicted molar refractivity (Wildman–Crippen MR) is 59.0 cm³/mol. The number of aryl methyl sites for hydroxylation is 1. The number of carboxylic acid groups (broad SMARTS) is 1. The van der Waals surface area contributed by atoms with Gasteiger partial charge in [-0.05, 0) is 36.8 Å². The standard InChI is InChI=1S/C13H15FO2/c14-13(7-2-8-13)11-4-1-3-10(9-11)5-6-12(15)16/h1,3-4,9H,2,5-8H2,(H,15,16). The molecule has 1 aliphatic rings. The van der Waals surface area contributed by atoms with Crippen LogP contribution in [0.25, 0.3) is 0 Å². The smallest absolute Gasteiger partial charge is 0.303 e. The lowest BCUT2D eigenvalue weighted by Gasteiger charge is -2.34. The van der Waals surface area contributed by atoms with Gasteiger partial charge in [-0.2, -0.15) is 0 Å². The first-order valence-corrected chi connectivity index (χ1v) is 5.60. The second kappa shape index (κ2) is 4.24. The molecule has 1 aromatic rings. The number of carboxylic acids is 1. The predicted octanol–water partition coefficient (Wildman–Crippen LogP) is 3.05. The van der Waals surface area contributed by atoms with Crippen LogP contribution in [0.1, 0.15) is 36.8 Å². The Bertz CT molecular complexity index is 397. The van der Waals surface area contributed by atoms with Crippen molar-refractivity contribution < 1.29 is 14.3 Å². The monoisotopic (exact) mass is 222 g/mol. The lowest BCUT2D eigenvalue weighted by molar-refractivity contribution is -0.136. The van der Waals surface area contributed by atoms with E-state index in [1.165, 1.54) is 0 Å². The fourth-order valence-electron chi connectivity index (χ4n) is 2.03. The first-order chi connectivity index (χ1) is 7.60. The maximum atomic E-state index is 14.1. The number of hydrogen-bond donors (Lipinski definition) is 1. The van der Waals surface area contributed by atoms with Crippen molar-refractivity contribution in [3.8, 4) is 0 Å². The van der Waals surface area contributed by atoms with Crippen molar-refractivity contribution in [3.05, 3.63) is 35.4 Å². The molecule has 0 bridgehead atoms. The third-order valence-corrected chi connectivity index (χ3v) is 3.22. The molecule has 0 saturated heterocycles. The van der Waals surface area contributed by atoms with Crippen molar-refractivity contribution in [2.75, 3.05) is 0 Å². The summed E-state index contributed by atoms with van der Waals surface area (Å²) in [6, 6.07) is 7.27. The zero-order valence-corrected chi connectivity index (χ0v) is 9.08. The molecule has 0 aromatic heterocycles. The molecule has 1 N–H and O–H groups in total. The Balaban J connectivity index is 2.10. The van der Waals surface area contributed by atoms with Gasteiger partial charge in [-0.3, -0.25) is 4.79 Å². The maximum absolute atomic E-state index is 14.1. The largest absolute Gasteiger partial charge is 0.481 e. The van der Waals surface area contributed by atoms with Gasteiger partial charge in [-0.15, -0.1) is 0 Å². The van der Waals surface area contributed by atoms with E-state index in [1.807, 2.05) is 18.2 Å². The lowest BCUT2D eigenvalue weighted by atomic mass is 9.76. The quantitative estimate of drug-likeness (QED) is 0.850. The van der Waals surface area contributed by atoms with Crippen LogP contribution in [-0.2, 0) is 16.9 Å². The second-order valence-corrected chi connectivity index (χ2v) is 4.41. The summed E-state index contributed by atoms with van der Waals surface area (Å²) in [6.45, 7) is 0. The number of alkyl halides is 1. The fraction of sp³-hybridized carbons (Fsp3) is 0.462. The summed E-state index contributed by atoms with van der Waals surface area (Å²) in [6.07, 6.45) is 2.70. The number of halogens is 1. The molecule has 0 heterocycles. The van der Waals surface area contributed by atoms with Crippen LogP contribution in [-0.4, -0.2) is 11.1 Å². The van der Waals surface area contributed by atoms with Crippen LogP contribution in [0.15, 0.2) is 24.3 Å². The van der Waals surface area contributed by atoms with Crippen LogP contribution in [0.5, 0.6) is 0 Å². The molecule has 1 saturated carbocycles. The summed E-state index contributed by atoms with van der Waals surface area (Å²) in [5, 5.41) is 8.59. The number of hydrogen-bond acceptors (Lipinski definition) is 1. The topological polar surface area (TPSA) is 37.3 Å². The Morgan fingerprint density at radius 2 is 2.19 bits per heavy atom. The van der Waals surface area contributed by atoms with Gasteiger partial charge >= 0.3 is 5.97 Å². The molecule has 0 atom stereocenters. The molecular weight excluding hydrogens is 207 g/mol. The highest BCUT2D eigenvalue weighted by molar-refractivity contribution is 5.67. The number of rotatable bonds is 4. The van der Waals surface area contributed by atoms with E-state index < -0.39 is 11.6 Å². The highest BCUT2D eigenvalue weighted by Gasteiger charge is 2.38. The van der Waals surface area contributed by atoms with Crippen molar-refractivity contribution >= 4 is 5.97 Å². The molecule has 3 heteroatoms. The molecule has 0 radical (unpaired) electrons. The Kier molecular flexibility index (Phi) is 2.95.